The van der Waals surface area contributed by atoms with Gasteiger partial charge in [-0.25, -0.2) is 0 Å². The second kappa shape index (κ2) is 5.67. The van der Waals surface area contributed by atoms with Gasteiger partial charge in [0.15, 0.2) is 5.75 Å². The van der Waals surface area contributed by atoms with Crippen molar-refractivity contribution in [3.8, 4) is 11.5 Å². The average molecular weight is 332 g/mol. The minimum absolute atomic E-state index is 0.0905. The SMILES string of the molecule is O=C1C(Br)CCN1c1ccccc1Oc1ccccc1. The van der Waals surface area contributed by atoms with E-state index in [0.29, 0.717) is 12.3 Å². The second-order valence-corrected chi connectivity index (χ2v) is 5.73. The first kappa shape index (κ1) is 13.2. The molecule has 1 heterocycles. The highest BCUT2D eigenvalue weighted by molar-refractivity contribution is 9.10. The first-order chi connectivity index (χ1) is 9.75. The van der Waals surface area contributed by atoms with Gasteiger partial charge in [0, 0.05) is 6.54 Å². The topological polar surface area (TPSA) is 29.5 Å². The zero-order valence-corrected chi connectivity index (χ0v) is 12.4. The minimum Gasteiger partial charge on any atom is -0.455 e. The number of amides is 1. The van der Waals surface area contributed by atoms with E-state index in [0.717, 1.165) is 17.9 Å². The summed E-state index contributed by atoms with van der Waals surface area (Å²) in [4.78, 5) is 13.8. The van der Waals surface area contributed by atoms with Crippen LogP contribution in [0.3, 0.4) is 0 Å². The van der Waals surface area contributed by atoms with Crippen LogP contribution in [0.25, 0.3) is 0 Å². The number of hydrogen-bond acceptors (Lipinski definition) is 2. The van der Waals surface area contributed by atoms with Crippen LogP contribution in [0, 0.1) is 0 Å². The highest BCUT2D eigenvalue weighted by Gasteiger charge is 2.31. The van der Waals surface area contributed by atoms with E-state index in [1.807, 2.05) is 54.6 Å². The zero-order valence-electron chi connectivity index (χ0n) is 10.8. The van der Waals surface area contributed by atoms with Gasteiger partial charge >= 0.3 is 0 Å². The Labute approximate surface area is 126 Å². The number of para-hydroxylation sites is 3. The van der Waals surface area contributed by atoms with Gasteiger partial charge in [0.1, 0.15) is 5.75 Å². The van der Waals surface area contributed by atoms with Gasteiger partial charge in [-0.3, -0.25) is 4.79 Å². The summed E-state index contributed by atoms with van der Waals surface area (Å²) in [6.07, 6.45) is 0.818. The van der Waals surface area contributed by atoms with Crippen LogP contribution < -0.4 is 9.64 Å². The normalized spacial score (nSPS) is 18.4. The molecule has 0 aromatic heterocycles. The largest absolute Gasteiger partial charge is 0.455 e. The fourth-order valence-electron chi connectivity index (χ4n) is 2.27. The molecule has 1 amide bonds. The van der Waals surface area contributed by atoms with Gasteiger partial charge in [-0.15, -0.1) is 0 Å². The number of carbonyl (C=O) groups excluding carboxylic acids is 1. The lowest BCUT2D eigenvalue weighted by Gasteiger charge is -2.19. The van der Waals surface area contributed by atoms with Gasteiger partial charge in [0.05, 0.1) is 10.5 Å². The van der Waals surface area contributed by atoms with E-state index in [9.17, 15) is 4.79 Å². The van der Waals surface area contributed by atoms with Crippen molar-refractivity contribution in [3.05, 3.63) is 54.6 Å². The Morgan fingerprint density at radius 2 is 1.75 bits per heavy atom. The van der Waals surface area contributed by atoms with E-state index in [1.54, 1.807) is 4.90 Å². The van der Waals surface area contributed by atoms with Crippen molar-refractivity contribution in [2.45, 2.75) is 11.2 Å². The number of benzene rings is 2. The number of anilines is 1. The summed E-state index contributed by atoms with van der Waals surface area (Å²) in [5.41, 5.74) is 0.823. The number of ether oxygens (including phenoxy) is 1. The molecule has 1 fully saturated rings. The number of rotatable bonds is 3. The zero-order chi connectivity index (χ0) is 13.9. The predicted octanol–water partition coefficient (Wildman–Crippen LogP) is 3.98. The van der Waals surface area contributed by atoms with Gasteiger partial charge in [-0.1, -0.05) is 46.3 Å². The van der Waals surface area contributed by atoms with Crippen LogP contribution in [0.1, 0.15) is 6.42 Å². The molecule has 3 rings (SSSR count). The Bertz CT molecular complexity index is 615. The average Bonchev–Trinajstić information content (AvgIpc) is 2.81. The lowest BCUT2D eigenvalue weighted by Crippen LogP contribution is -2.27. The Morgan fingerprint density at radius 3 is 2.45 bits per heavy atom. The molecule has 2 aromatic carbocycles. The molecule has 2 aromatic rings. The highest BCUT2D eigenvalue weighted by Crippen LogP contribution is 2.35. The lowest BCUT2D eigenvalue weighted by molar-refractivity contribution is -0.116. The highest BCUT2D eigenvalue weighted by atomic mass is 79.9. The number of hydrogen-bond donors (Lipinski definition) is 0. The molecule has 20 heavy (non-hydrogen) atoms. The van der Waals surface area contributed by atoms with Crippen molar-refractivity contribution in [2.24, 2.45) is 0 Å². The maximum atomic E-state index is 12.1. The van der Waals surface area contributed by atoms with Gasteiger partial charge in [-0.05, 0) is 30.7 Å². The molecule has 0 N–H and O–H groups in total. The van der Waals surface area contributed by atoms with E-state index in [-0.39, 0.29) is 10.7 Å². The molecule has 1 unspecified atom stereocenters. The molecule has 3 nitrogen and oxygen atoms in total. The molecule has 0 spiro atoms. The third-order valence-corrected chi connectivity index (χ3v) is 4.12. The predicted molar refractivity (Wildman–Crippen MR) is 82.6 cm³/mol. The van der Waals surface area contributed by atoms with Crippen LogP contribution in [0.2, 0.25) is 0 Å². The van der Waals surface area contributed by atoms with Crippen molar-refractivity contribution in [1.29, 1.82) is 0 Å². The standard InChI is InChI=1S/C16H14BrNO2/c17-13-10-11-18(16(13)19)14-8-4-5-9-15(14)20-12-6-2-1-3-7-12/h1-9,13H,10-11H2. The van der Waals surface area contributed by atoms with Gasteiger partial charge in [0.2, 0.25) is 5.91 Å². The van der Waals surface area contributed by atoms with Crippen LogP contribution in [0.15, 0.2) is 54.6 Å². The van der Waals surface area contributed by atoms with Crippen molar-refractivity contribution in [3.63, 3.8) is 0 Å². The summed E-state index contributed by atoms with van der Waals surface area (Å²) in [7, 11) is 0. The fraction of sp³-hybridized carbons (Fsp3) is 0.188. The van der Waals surface area contributed by atoms with Crippen LogP contribution in [-0.4, -0.2) is 17.3 Å². The maximum Gasteiger partial charge on any atom is 0.240 e. The van der Waals surface area contributed by atoms with Crippen LogP contribution in [-0.2, 0) is 4.79 Å². The summed E-state index contributed by atoms with van der Waals surface area (Å²) in [6.45, 7) is 0.712. The smallest absolute Gasteiger partial charge is 0.240 e. The third-order valence-electron chi connectivity index (χ3n) is 3.27. The van der Waals surface area contributed by atoms with Gasteiger partial charge in [-0.2, -0.15) is 0 Å². The van der Waals surface area contributed by atoms with E-state index >= 15 is 0 Å². The summed E-state index contributed by atoms with van der Waals surface area (Å²) in [5, 5.41) is 0. The number of nitrogens with zero attached hydrogens (tertiary/aromatic N) is 1. The number of halogens is 1. The van der Waals surface area contributed by atoms with Crippen LogP contribution in [0.4, 0.5) is 5.69 Å². The first-order valence-electron chi connectivity index (χ1n) is 6.53. The quantitative estimate of drug-likeness (QED) is 0.796. The molecule has 0 radical (unpaired) electrons. The molecule has 1 aliphatic heterocycles. The molecule has 1 atom stereocenters. The third kappa shape index (κ3) is 2.56. The Balaban J connectivity index is 1.91. The molecular formula is C16H14BrNO2. The summed E-state index contributed by atoms with van der Waals surface area (Å²) < 4.78 is 5.90. The molecule has 0 bridgehead atoms. The number of alkyl halides is 1. The maximum absolute atomic E-state index is 12.1. The second-order valence-electron chi connectivity index (χ2n) is 4.63. The van der Waals surface area contributed by atoms with Crippen molar-refractivity contribution in [2.75, 3.05) is 11.4 Å². The first-order valence-corrected chi connectivity index (χ1v) is 7.44. The van der Waals surface area contributed by atoms with Crippen LogP contribution in [0.5, 0.6) is 11.5 Å². The Kier molecular flexibility index (Phi) is 3.74. The van der Waals surface area contributed by atoms with Crippen molar-refractivity contribution >= 4 is 27.5 Å². The van der Waals surface area contributed by atoms with Crippen molar-refractivity contribution < 1.29 is 9.53 Å². The lowest BCUT2D eigenvalue weighted by atomic mass is 10.2. The summed E-state index contributed by atoms with van der Waals surface area (Å²) in [6, 6.07) is 17.2. The molecule has 102 valence electrons. The summed E-state index contributed by atoms with van der Waals surface area (Å²) in [5.74, 6) is 1.56. The van der Waals surface area contributed by atoms with Crippen molar-refractivity contribution in [1.82, 2.24) is 0 Å². The Morgan fingerprint density at radius 1 is 1.05 bits per heavy atom. The van der Waals surface area contributed by atoms with Gasteiger partial charge < -0.3 is 9.64 Å². The molecule has 0 saturated carbocycles. The Hall–Kier alpha value is -1.81. The van der Waals surface area contributed by atoms with E-state index in [2.05, 4.69) is 15.9 Å². The van der Waals surface area contributed by atoms with E-state index in [1.165, 1.54) is 0 Å². The van der Waals surface area contributed by atoms with Crippen LogP contribution >= 0.6 is 15.9 Å². The molecule has 0 aliphatic carbocycles. The molecule has 4 heteroatoms. The monoisotopic (exact) mass is 331 g/mol. The molecule has 1 aliphatic rings. The molecule has 1 saturated heterocycles. The van der Waals surface area contributed by atoms with E-state index in [4.69, 9.17) is 4.74 Å². The number of carbonyl (C=O) groups is 1. The van der Waals surface area contributed by atoms with Gasteiger partial charge in [0.25, 0.3) is 0 Å². The minimum atomic E-state index is -0.0905. The van der Waals surface area contributed by atoms with E-state index < -0.39 is 0 Å². The summed E-state index contributed by atoms with van der Waals surface area (Å²) >= 11 is 3.40. The fourth-order valence-corrected chi connectivity index (χ4v) is 2.72. The molecular weight excluding hydrogens is 318 g/mol.